The van der Waals surface area contributed by atoms with E-state index in [9.17, 15) is 8.42 Å². The largest absolute Gasteiger partial charge is 0.342 e. The van der Waals surface area contributed by atoms with Gasteiger partial charge in [0.25, 0.3) is 0 Å². The Labute approximate surface area is 165 Å². The number of piperidine rings is 1. The molecule has 1 N–H and O–H groups in total. The van der Waals surface area contributed by atoms with E-state index in [2.05, 4.69) is 29.1 Å². The molecule has 3 aromatic rings. The summed E-state index contributed by atoms with van der Waals surface area (Å²) in [4.78, 5) is 5.15. The topological polar surface area (TPSA) is 64.0 Å². The Morgan fingerprint density at radius 1 is 1.04 bits per heavy atom. The van der Waals surface area contributed by atoms with Crippen molar-refractivity contribution in [2.24, 2.45) is 7.05 Å². The Hall–Kier alpha value is -2.18. The van der Waals surface area contributed by atoms with Crippen LogP contribution in [0, 0.1) is 0 Å². The molecule has 28 heavy (non-hydrogen) atoms. The van der Waals surface area contributed by atoms with Gasteiger partial charge in [-0.2, -0.15) is 0 Å². The molecule has 2 aliphatic rings. The first-order valence-electron chi connectivity index (χ1n) is 10.0. The zero-order valence-electron chi connectivity index (χ0n) is 16.1. The first-order chi connectivity index (χ1) is 13.5. The highest BCUT2D eigenvalue weighted by Crippen LogP contribution is 2.35. The van der Waals surface area contributed by atoms with E-state index in [4.69, 9.17) is 4.98 Å². The lowest BCUT2D eigenvalue weighted by atomic mass is 9.91. The Morgan fingerprint density at radius 2 is 1.75 bits per heavy atom. The van der Waals surface area contributed by atoms with Crippen LogP contribution in [0.4, 0.5) is 0 Å². The lowest BCUT2D eigenvalue weighted by Crippen LogP contribution is -2.26. The van der Waals surface area contributed by atoms with E-state index in [0.717, 1.165) is 61.1 Å². The first-order valence-corrected chi connectivity index (χ1v) is 11.6. The van der Waals surface area contributed by atoms with Crippen molar-refractivity contribution >= 4 is 20.9 Å². The van der Waals surface area contributed by atoms with E-state index in [1.165, 1.54) is 5.56 Å². The minimum absolute atomic E-state index is 0.173. The molecular weight excluding hydrogens is 370 g/mol. The Bertz CT molecular complexity index is 1120. The van der Waals surface area contributed by atoms with Crippen LogP contribution in [0.3, 0.4) is 0 Å². The van der Waals surface area contributed by atoms with Crippen molar-refractivity contribution in [2.45, 2.75) is 41.7 Å². The van der Waals surface area contributed by atoms with Gasteiger partial charge < -0.3 is 9.88 Å². The summed E-state index contributed by atoms with van der Waals surface area (Å²) in [7, 11) is -1.09. The lowest BCUT2D eigenvalue weighted by molar-refractivity contribution is 0.460. The van der Waals surface area contributed by atoms with Gasteiger partial charge in [-0.05, 0) is 80.1 Å². The van der Waals surface area contributed by atoms with Crippen molar-refractivity contribution in [2.75, 3.05) is 13.1 Å². The number of rotatable bonds is 4. The predicted octanol–water partition coefficient (Wildman–Crippen LogP) is 3.64. The molecule has 1 saturated carbocycles. The van der Waals surface area contributed by atoms with Crippen LogP contribution < -0.4 is 5.32 Å². The Morgan fingerprint density at radius 3 is 2.43 bits per heavy atom. The number of sulfone groups is 1. The van der Waals surface area contributed by atoms with Gasteiger partial charge in [0, 0.05) is 13.2 Å². The van der Waals surface area contributed by atoms with Crippen molar-refractivity contribution in [1.29, 1.82) is 0 Å². The molecule has 5 rings (SSSR count). The number of nitrogens with zero attached hydrogens (tertiary/aromatic N) is 2. The molecule has 1 aromatic carbocycles. The fourth-order valence-electron chi connectivity index (χ4n) is 4.26. The molecule has 0 atom stereocenters. The van der Waals surface area contributed by atoms with E-state index in [1.54, 1.807) is 12.1 Å². The fourth-order valence-corrected chi connectivity index (χ4v) is 5.91. The van der Waals surface area contributed by atoms with E-state index in [1.807, 2.05) is 18.3 Å². The number of benzene rings is 1. The van der Waals surface area contributed by atoms with Crippen LogP contribution in [-0.2, 0) is 16.9 Å². The first kappa shape index (κ1) is 17.9. The van der Waals surface area contributed by atoms with Crippen molar-refractivity contribution in [3.63, 3.8) is 0 Å². The van der Waals surface area contributed by atoms with Gasteiger partial charge in [0.2, 0.25) is 0 Å². The molecule has 5 nitrogen and oxygen atoms in total. The normalized spacial score (nSPS) is 18.6. The van der Waals surface area contributed by atoms with Crippen molar-refractivity contribution < 1.29 is 8.42 Å². The number of fused-ring (bicyclic) bond motifs is 1. The molecule has 146 valence electrons. The monoisotopic (exact) mass is 395 g/mol. The van der Waals surface area contributed by atoms with Crippen molar-refractivity contribution in [3.8, 4) is 11.3 Å². The summed E-state index contributed by atoms with van der Waals surface area (Å²) in [5.74, 6) is 0.573. The SMILES string of the molecule is Cn1c(-c2ccc(S(=O)(=O)C3CC3)cc2)cc2ncc(C3CCNCC3)cc21. The molecular formula is C22H25N3O2S. The van der Waals surface area contributed by atoms with Crippen LogP contribution in [-0.4, -0.2) is 36.3 Å². The van der Waals surface area contributed by atoms with Crippen LogP contribution in [0.5, 0.6) is 0 Å². The third kappa shape index (κ3) is 3.05. The molecule has 1 saturated heterocycles. The van der Waals surface area contributed by atoms with Gasteiger partial charge in [-0.25, -0.2) is 8.42 Å². The molecule has 2 aromatic heterocycles. The molecule has 6 heteroatoms. The number of aromatic nitrogens is 2. The second-order valence-corrected chi connectivity index (χ2v) is 10.3. The molecule has 1 aliphatic heterocycles. The van der Waals surface area contributed by atoms with Crippen LogP contribution in [0.2, 0.25) is 0 Å². The number of aryl methyl sites for hydroxylation is 1. The van der Waals surface area contributed by atoms with Gasteiger partial charge in [0.15, 0.2) is 9.84 Å². The second kappa shape index (κ2) is 6.71. The van der Waals surface area contributed by atoms with Gasteiger partial charge in [0.1, 0.15) is 0 Å². The molecule has 0 amide bonds. The summed E-state index contributed by atoms with van der Waals surface area (Å²) in [6, 6.07) is 11.7. The van der Waals surface area contributed by atoms with Gasteiger partial charge in [-0.3, -0.25) is 4.98 Å². The highest BCUT2D eigenvalue weighted by atomic mass is 32.2. The molecule has 0 bridgehead atoms. The molecule has 1 aliphatic carbocycles. The Balaban J connectivity index is 1.49. The summed E-state index contributed by atoms with van der Waals surface area (Å²) in [6.45, 7) is 2.13. The third-order valence-electron chi connectivity index (χ3n) is 6.17. The highest BCUT2D eigenvalue weighted by molar-refractivity contribution is 7.92. The number of hydrogen-bond donors (Lipinski definition) is 1. The minimum atomic E-state index is -3.14. The second-order valence-electron chi connectivity index (χ2n) is 8.05. The fraction of sp³-hybridized carbons (Fsp3) is 0.409. The summed E-state index contributed by atoms with van der Waals surface area (Å²) in [6.07, 6.45) is 5.91. The van der Waals surface area contributed by atoms with Crippen molar-refractivity contribution in [1.82, 2.24) is 14.9 Å². The summed E-state index contributed by atoms with van der Waals surface area (Å²) in [5, 5.41) is 3.24. The lowest BCUT2D eigenvalue weighted by Gasteiger charge is -2.22. The minimum Gasteiger partial charge on any atom is -0.342 e. The third-order valence-corrected chi connectivity index (χ3v) is 8.45. The number of nitrogens with one attached hydrogen (secondary N) is 1. The average molecular weight is 396 g/mol. The quantitative estimate of drug-likeness (QED) is 0.732. The maximum Gasteiger partial charge on any atom is 0.181 e. The molecule has 3 heterocycles. The summed E-state index contributed by atoms with van der Waals surface area (Å²) in [5.41, 5.74) is 5.48. The van der Waals surface area contributed by atoms with E-state index >= 15 is 0 Å². The summed E-state index contributed by atoms with van der Waals surface area (Å²) < 4.78 is 27.0. The molecule has 0 unspecified atom stereocenters. The Kier molecular flexibility index (Phi) is 4.29. The van der Waals surface area contributed by atoms with E-state index < -0.39 is 9.84 Å². The smallest absolute Gasteiger partial charge is 0.181 e. The van der Waals surface area contributed by atoms with Gasteiger partial charge >= 0.3 is 0 Å². The standard InChI is InChI=1S/C22H25N3O2S/c1-25-21(16-2-4-18(5-3-16)28(26,27)19-6-7-19)13-20-22(25)12-17(14-24-20)15-8-10-23-11-9-15/h2-5,12-15,19,23H,6-11H2,1H3. The van der Waals surface area contributed by atoms with Gasteiger partial charge in [-0.1, -0.05) is 12.1 Å². The maximum absolute atomic E-state index is 12.4. The van der Waals surface area contributed by atoms with E-state index in [0.29, 0.717) is 10.8 Å². The summed E-state index contributed by atoms with van der Waals surface area (Å²) >= 11 is 0. The maximum atomic E-state index is 12.4. The molecule has 0 radical (unpaired) electrons. The number of pyridine rings is 1. The predicted molar refractivity (Wildman–Crippen MR) is 111 cm³/mol. The average Bonchev–Trinajstić information content (AvgIpc) is 3.54. The van der Waals surface area contributed by atoms with Crippen LogP contribution in [0.1, 0.15) is 37.2 Å². The van der Waals surface area contributed by atoms with Gasteiger partial charge in [0.05, 0.1) is 26.9 Å². The van der Waals surface area contributed by atoms with Crippen molar-refractivity contribution in [3.05, 3.63) is 48.2 Å². The number of hydrogen-bond acceptors (Lipinski definition) is 4. The van der Waals surface area contributed by atoms with Crippen LogP contribution in [0.25, 0.3) is 22.3 Å². The zero-order chi connectivity index (χ0) is 19.3. The molecule has 2 fully saturated rings. The zero-order valence-corrected chi connectivity index (χ0v) is 16.9. The van der Waals surface area contributed by atoms with E-state index in [-0.39, 0.29) is 5.25 Å². The highest BCUT2D eigenvalue weighted by Gasteiger charge is 2.36. The van der Waals surface area contributed by atoms with Crippen LogP contribution in [0.15, 0.2) is 47.5 Å². The van der Waals surface area contributed by atoms with Crippen LogP contribution >= 0.6 is 0 Å². The molecule has 0 spiro atoms. The van der Waals surface area contributed by atoms with Gasteiger partial charge in [-0.15, -0.1) is 0 Å².